The molecule has 0 aromatic heterocycles. The first-order valence-electron chi connectivity index (χ1n) is 8.42. The van der Waals surface area contributed by atoms with Crippen molar-refractivity contribution in [2.45, 2.75) is 25.7 Å². The number of aryl methyl sites for hydroxylation is 2. The molecule has 0 unspecified atom stereocenters. The fraction of sp³-hybridized carbons (Fsp3) is 0.350. The predicted molar refractivity (Wildman–Crippen MR) is 102 cm³/mol. The minimum absolute atomic E-state index is 0.0219. The van der Waals surface area contributed by atoms with Crippen LogP contribution >= 0.6 is 15.9 Å². The number of halogens is 1. The first-order chi connectivity index (χ1) is 12.1. The van der Waals surface area contributed by atoms with E-state index in [0.717, 1.165) is 28.4 Å². The summed E-state index contributed by atoms with van der Waals surface area (Å²) in [6, 6.07) is 9.86. The van der Waals surface area contributed by atoms with Crippen LogP contribution in [-0.2, 0) is 19.3 Å². The molecule has 0 fully saturated rings. The van der Waals surface area contributed by atoms with E-state index in [1.807, 2.05) is 24.3 Å². The number of carbonyl (C=O) groups excluding carboxylic acids is 1. The first-order valence-corrected chi connectivity index (χ1v) is 9.22. The lowest BCUT2D eigenvalue weighted by Gasteiger charge is -2.12. The third-order valence-corrected chi connectivity index (χ3v) is 5.33. The van der Waals surface area contributed by atoms with Crippen LogP contribution in [0.4, 0.5) is 0 Å². The number of fused-ring (bicyclic) bond motifs is 1. The van der Waals surface area contributed by atoms with Gasteiger partial charge in [0.25, 0.3) is 5.91 Å². The van der Waals surface area contributed by atoms with Crippen molar-refractivity contribution in [2.24, 2.45) is 0 Å². The second-order valence-corrected chi connectivity index (χ2v) is 7.00. The van der Waals surface area contributed by atoms with Crippen LogP contribution in [0.15, 0.2) is 34.8 Å². The van der Waals surface area contributed by atoms with Gasteiger partial charge in [-0.05, 0) is 66.6 Å². The maximum Gasteiger partial charge on any atom is 0.251 e. The van der Waals surface area contributed by atoms with E-state index >= 15 is 0 Å². The summed E-state index contributed by atoms with van der Waals surface area (Å²) in [5.41, 5.74) is 4.50. The van der Waals surface area contributed by atoms with Gasteiger partial charge >= 0.3 is 0 Å². The number of nitrogens with one attached hydrogen (secondary N) is 1. The number of amides is 1. The number of rotatable bonds is 6. The molecule has 0 saturated carbocycles. The molecule has 0 aliphatic heterocycles. The summed E-state index contributed by atoms with van der Waals surface area (Å²) < 4.78 is 11.6. The quantitative estimate of drug-likeness (QED) is 0.794. The lowest BCUT2D eigenvalue weighted by atomic mass is 10.1. The van der Waals surface area contributed by atoms with Gasteiger partial charge in [-0.3, -0.25) is 4.79 Å². The predicted octanol–water partition coefficient (Wildman–Crippen LogP) is 3.93. The van der Waals surface area contributed by atoms with Gasteiger partial charge in [-0.1, -0.05) is 22.0 Å². The summed E-state index contributed by atoms with van der Waals surface area (Å²) in [4.78, 5) is 12.4. The number of methoxy groups -OCH3 is 2. The van der Waals surface area contributed by atoms with Crippen molar-refractivity contribution in [2.75, 3.05) is 20.8 Å². The molecule has 132 valence electrons. The van der Waals surface area contributed by atoms with Crippen molar-refractivity contribution < 1.29 is 14.3 Å². The molecule has 25 heavy (non-hydrogen) atoms. The minimum Gasteiger partial charge on any atom is -0.493 e. The molecule has 3 rings (SSSR count). The standard InChI is InChI=1S/C20H22BrNO3/c1-24-18-11-15(17(21)12-19(18)25-2)8-9-22-20(23)16-7-6-13-4-3-5-14(13)10-16/h6-7,10-12H,3-5,8-9H2,1-2H3,(H,22,23). The first kappa shape index (κ1) is 17.8. The molecule has 1 amide bonds. The van der Waals surface area contributed by atoms with Crippen molar-refractivity contribution in [3.8, 4) is 11.5 Å². The van der Waals surface area contributed by atoms with Gasteiger partial charge in [0.05, 0.1) is 14.2 Å². The van der Waals surface area contributed by atoms with Gasteiger partial charge in [0, 0.05) is 16.6 Å². The summed E-state index contributed by atoms with van der Waals surface area (Å²) >= 11 is 3.55. The molecule has 0 heterocycles. The van der Waals surface area contributed by atoms with Crippen LogP contribution in [0.3, 0.4) is 0 Å². The third-order valence-electron chi connectivity index (χ3n) is 4.59. The zero-order valence-electron chi connectivity index (χ0n) is 14.5. The zero-order chi connectivity index (χ0) is 17.8. The molecule has 4 nitrogen and oxygen atoms in total. The van der Waals surface area contributed by atoms with Gasteiger partial charge in [0.15, 0.2) is 11.5 Å². The van der Waals surface area contributed by atoms with Crippen LogP contribution in [-0.4, -0.2) is 26.7 Å². The van der Waals surface area contributed by atoms with Gasteiger partial charge in [0.2, 0.25) is 0 Å². The van der Waals surface area contributed by atoms with Crippen molar-refractivity contribution in [1.82, 2.24) is 5.32 Å². The Labute approximate surface area is 156 Å². The lowest BCUT2D eigenvalue weighted by molar-refractivity contribution is 0.0954. The second kappa shape index (κ2) is 7.91. The van der Waals surface area contributed by atoms with Crippen LogP contribution in [0.25, 0.3) is 0 Å². The van der Waals surface area contributed by atoms with E-state index in [1.165, 1.54) is 17.5 Å². The lowest BCUT2D eigenvalue weighted by Crippen LogP contribution is -2.25. The SMILES string of the molecule is COc1cc(Br)c(CCNC(=O)c2ccc3c(c2)CCC3)cc1OC. The van der Waals surface area contributed by atoms with Gasteiger partial charge in [-0.2, -0.15) is 0 Å². The normalized spacial score (nSPS) is 12.6. The minimum atomic E-state index is -0.0219. The summed E-state index contributed by atoms with van der Waals surface area (Å²) in [5.74, 6) is 1.34. The molecule has 2 aromatic carbocycles. The topological polar surface area (TPSA) is 47.6 Å². The molecule has 0 radical (unpaired) electrons. The molecule has 0 saturated heterocycles. The third kappa shape index (κ3) is 3.98. The van der Waals surface area contributed by atoms with Gasteiger partial charge in [0.1, 0.15) is 0 Å². The summed E-state index contributed by atoms with van der Waals surface area (Å²) in [6.45, 7) is 0.560. The zero-order valence-corrected chi connectivity index (χ0v) is 16.1. The highest BCUT2D eigenvalue weighted by molar-refractivity contribution is 9.10. The Morgan fingerprint density at radius 1 is 1.08 bits per heavy atom. The Morgan fingerprint density at radius 2 is 1.80 bits per heavy atom. The highest BCUT2D eigenvalue weighted by Crippen LogP contribution is 2.33. The van der Waals surface area contributed by atoms with E-state index in [2.05, 4.69) is 27.3 Å². The van der Waals surface area contributed by atoms with E-state index in [9.17, 15) is 4.79 Å². The van der Waals surface area contributed by atoms with Crippen molar-refractivity contribution >= 4 is 21.8 Å². The average molecular weight is 404 g/mol. The van der Waals surface area contributed by atoms with Crippen LogP contribution in [0.5, 0.6) is 11.5 Å². The summed E-state index contributed by atoms with van der Waals surface area (Å²) in [6.07, 6.45) is 4.10. The maximum absolute atomic E-state index is 12.4. The van der Waals surface area contributed by atoms with Crippen LogP contribution < -0.4 is 14.8 Å². The fourth-order valence-corrected chi connectivity index (χ4v) is 3.73. The monoisotopic (exact) mass is 403 g/mol. The van der Waals surface area contributed by atoms with E-state index < -0.39 is 0 Å². The molecule has 5 heteroatoms. The maximum atomic E-state index is 12.4. The van der Waals surface area contributed by atoms with E-state index in [-0.39, 0.29) is 5.91 Å². The molecular weight excluding hydrogens is 382 g/mol. The van der Waals surface area contributed by atoms with Crippen molar-refractivity contribution in [3.63, 3.8) is 0 Å². The van der Waals surface area contributed by atoms with Crippen molar-refractivity contribution in [3.05, 3.63) is 57.1 Å². The van der Waals surface area contributed by atoms with E-state index in [0.29, 0.717) is 24.5 Å². The van der Waals surface area contributed by atoms with Crippen molar-refractivity contribution in [1.29, 1.82) is 0 Å². The number of hydrogen-bond donors (Lipinski definition) is 1. The number of benzene rings is 2. The second-order valence-electron chi connectivity index (χ2n) is 6.14. The number of carbonyl (C=O) groups is 1. The van der Waals surface area contributed by atoms with E-state index in [4.69, 9.17) is 9.47 Å². The van der Waals surface area contributed by atoms with Gasteiger partial charge < -0.3 is 14.8 Å². The molecule has 1 aliphatic rings. The molecule has 1 N–H and O–H groups in total. The number of hydrogen-bond acceptors (Lipinski definition) is 3. The Morgan fingerprint density at radius 3 is 2.56 bits per heavy atom. The molecule has 2 aromatic rings. The number of ether oxygens (including phenoxy) is 2. The van der Waals surface area contributed by atoms with Gasteiger partial charge in [-0.25, -0.2) is 0 Å². The largest absolute Gasteiger partial charge is 0.493 e. The Bertz CT molecular complexity index is 789. The average Bonchev–Trinajstić information content (AvgIpc) is 3.10. The molecule has 0 spiro atoms. The Kier molecular flexibility index (Phi) is 5.63. The highest BCUT2D eigenvalue weighted by atomic mass is 79.9. The Balaban J connectivity index is 1.62. The van der Waals surface area contributed by atoms with Crippen LogP contribution in [0, 0.1) is 0 Å². The highest BCUT2D eigenvalue weighted by Gasteiger charge is 2.14. The van der Waals surface area contributed by atoms with Crippen LogP contribution in [0.2, 0.25) is 0 Å². The van der Waals surface area contributed by atoms with Crippen LogP contribution in [0.1, 0.15) is 33.5 Å². The fourth-order valence-electron chi connectivity index (χ4n) is 3.21. The summed E-state index contributed by atoms with van der Waals surface area (Å²) in [5, 5.41) is 3.00. The van der Waals surface area contributed by atoms with Gasteiger partial charge in [-0.15, -0.1) is 0 Å². The smallest absolute Gasteiger partial charge is 0.251 e. The molecule has 0 bridgehead atoms. The molecule has 0 atom stereocenters. The Hall–Kier alpha value is -2.01. The molecule has 1 aliphatic carbocycles. The molecular formula is C20H22BrNO3. The summed E-state index contributed by atoms with van der Waals surface area (Å²) in [7, 11) is 3.23. The van der Waals surface area contributed by atoms with E-state index in [1.54, 1.807) is 14.2 Å².